The van der Waals surface area contributed by atoms with E-state index in [1.54, 1.807) is 30.3 Å². The Morgan fingerprint density at radius 2 is 1.88 bits per heavy atom. The molecule has 2 atom stereocenters. The van der Waals surface area contributed by atoms with Gasteiger partial charge in [-0.1, -0.05) is 44.5 Å². The second-order valence-electron chi connectivity index (χ2n) is 10.3. The van der Waals surface area contributed by atoms with E-state index in [1.807, 2.05) is 19.9 Å². The summed E-state index contributed by atoms with van der Waals surface area (Å²) in [4.78, 5) is 17.1. The Kier molecular flexibility index (Phi) is 8.78. The number of anilines is 2. The normalized spacial score (nSPS) is 18.3. The van der Waals surface area contributed by atoms with Crippen molar-refractivity contribution in [3.05, 3.63) is 95.1 Å². The Morgan fingerprint density at radius 1 is 1.12 bits per heavy atom. The number of hydrogen-bond acceptors (Lipinski definition) is 7. The molecule has 8 nitrogen and oxygen atoms in total. The fourth-order valence-electron chi connectivity index (χ4n) is 5.15. The van der Waals surface area contributed by atoms with E-state index in [4.69, 9.17) is 10.5 Å². The third kappa shape index (κ3) is 6.98. The number of esters is 1. The number of benzene rings is 2. The highest BCUT2D eigenvalue weighted by Crippen LogP contribution is 2.39. The lowest BCUT2D eigenvalue weighted by Crippen LogP contribution is -2.42. The molecule has 1 unspecified atom stereocenters. The molecule has 0 fully saturated rings. The molecule has 2 aromatic carbocycles. The summed E-state index contributed by atoms with van der Waals surface area (Å²) in [6, 6.07) is 15.9. The van der Waals surface area contributed by atoms with Crippen molar-refractivity contribution in [2.45, 2.75) is 63.0 Å². The third-order valence-electron chi connectivity index (χ3n) is 7.07. The van der Waals surface area contributed by atoms with Gasteiger partial charge in [0, 0.05) is 12.1 Å². The molecule has 0 spiro atoms. The van der Waals surface area contributed by atoms with Crippen LogP contribution in [0.15, 0.2) is 83.2 Å². The zero-order chi connectivity index (χ0) is 28.9. The molecule has 212 valence electrons. The van der Waals surface area contributed by atoms with E-state index in [-0.39, 0.29) is 34.5 Å². The Hall–Kier alpha value is -3.92. The van der Waals surface area contributed by atoms with Crippen LogP contribution in [0.3, 0.4) is 0 Å². The number of ether oxygens (including phenoxy) is 1. The first-order valence-electron chi connectivity index (χ1n) is 13.2. The van der Waals surface area contributed by atoms with Gasteiger partial charge in [-0.3, -0.25) is 4.72 Å². The fraction of sp³-hybridized carbons (Fsp3) is 0.333. The van der Waals surface area contributed by atoms with Crippen LogP contribution in [0, 0.1) is 11.7 Å². The van der Waals surface area contributed by atoms with Crippen LogP contribution in [-0.4, -0.2) is 30.1 Å². The predicted octanol–water partition coefficient (Wildman–Crippen LogP) is 5.71. The van der Waals surface area contributed by atoms with Crippen molar-refractivity contribution in [3.63, 3.8) is 0 Å². The van der Waals surface area contributed by atoms with Gasteiger partial charge in [0.1, 0.15) is 17.2 Å². The number of aliphatic hydroxyl groups excluding tert-OH is 1. The first-order valence-corrected chi connectivity index (χ1v) is 14.7. The quantitative estimate of drug-likeness (QED) is 0.253. The molecule has 0 saturated heterocycles. The maximum atomic E-state index is 13.3. The van der Waals surface area contributed by atoms with Crippen LogP contribution in [0.4, 0.5) is 15.8 Å². The van der Waals surface area contributed by atoms with Crippen LogP contribution in [0.1, 0.15) is 50.7 Å². The monoisotopic (exact) mass is 567 g/mol. The molecule has 0 aliphatic carbocycles. The molecule has 10 heteroatoms. The third-order valence-corrected chi connectivity index (χ3v) is 8.36. The molecule has 1 aromatic heterocycles. The molecular weight excluding hydrogens is 533 g/mol. The van der Waals surface area contributed by atoms with Crippen LogP contribution in [0.5, 0.6) is 0 Å². The van der Waals surface area contributed by atoms with Gasteiger partial charge in [-0.05, 0) is 79.1 Å². The molecule has 2 heterocycles. The molecule has 4 rings (SSSR count). The smallest absolute Gasteiger partial charge is 0.338 e. The summed E-state index contributed by atoms with van der Waals surface area (Å²) in [5.41, 5.74) is 7.39. The average molecular weight is 568 g/mol. The van der Waals surface area contributed by atoms with Crippen molar-refractivity contribution in [2.24, 2.45) is 5.92 Å². The number of aliphatic hydroxyl groups is 1. The lowest BCUT2D eigenvalue weighted by atomic mass is 9.81. The number of rotatable bonds is 11. The number of aryl methyl sites for hydroxylation is 1. The molecule has 0 radical (unpaired) electrons. The summed E-state index contributed by atoms with van der Waals surface area (Å²) >= 11 is 0. The highest BCUT2D eigenvalue weighted by atomic mass is 32.2. The number of nitrogens with one attached hydrogen (secondary N) is 1. The van der Waals surface area contributed by atoms with Crippen molar-refractivity contribution < 1.29 is 27.4 Å². The summed E-state index contributed by atoms with van der Waals surface area (Å²) < 4.78 is 47.3. The van der Waals surface area contributed by atoms with Gasteiger partial charge < -0.3 is 15.6 Å². The Bertz CT molecular complexity index is 1490. The SMILES string of the molecule is CCC[C@]1(CCc2ccc(F)cc2)CC(O)=C(C(C)Cc2cccc(NS(=O)(=O)c3ccc(N)cn3)c2)C(=O)O1. The maximum Gasteiger partial charge on any atom is 0.338 e. The van der Waals surface area contributed by atoms with Crippen LogP contribution >= 0.6 is 0 Å². The Labute approximate surface area is 234 Å². The number of carbonyl (C=O) groups is 1. The summed E-state index contributed by atoms with van der Waals surface area (Å²) in [5, 5.41) is 10.9. The highest BCUT2D eigenvalue weighted by molar-refractivity contribution is 7.92. The summed E-state index contributed by atoms with van der Waals surface area (Å²) in [6.07, 6.45) is 4.31. The number of nitrogens with two attached hydrogens (primary N) is 1. The van der Waals surface area contributed by atoms with Crippen LogP contribution < -0.4 is 10.5 Å². The molecule has 0 bridgehead atoms. The number of nitrogens with zero attached hydrogens (tertiary/aromatic N) is 1. The van der Waals surface area contributed by atoms with Crippen molar-refractivity contribution >= 4 is 27.4 Å². The zero-order valence-corrected chi connectivity index (χ0v) is 23.4. The molecular formula is C30H34FN3O5S. The summed E-state index contributed by atoms with van der Waals surface area (Å²) in [6.45, 7) is 3.82. The number of cyclic esters (lactones) is 1. The zero-order valence-electron chi connectivity index (χ0n) is 22.6. The Morgan fingerprint density at radius 3 is 2.52 bits per heavy atom. The van der Waals surface area contributed by atoms with Crippen LogP contribution in [0.2, 0.25) is 0 Å². The van der Waals surface area contributed by atoms with E-state index in [9.17, 15) is 22.7 Å². The van der Waals surface area contributed by atoms with Crippen molar-refractivity contribution in [3.8, 4) is 0 Å². The molecule has 0 amide bonds. The number of sulfonamides is 1. The molecule has 1 aliphatic rings. The van der Waals surface area contributed by atoms with Gasteiger partial charge in [-0.25, -0.2) is 14.2 Å². The number of aromatic nitrogens is 1. The number of pyridine rings is 1. The molecule has 3 aromatic rings. The number of halogens is 1. The summed E-state index contributed by atoms with van der Waals surface area (Å²) in [7, 11) is -3.92. The minimum absolute atomic E-state index is 0.0163. The van der Waals surface area contributed by atoms with Crippen LogP contribution in [0.25, 0.3) is 0 Å². The fourth-order valence-corrected chi connectivity index (χ4v) is 6.13. The minimum Gasteiger partial charge on any atom is -0.512 e. The lowest BCUT2D eigenvalue weighted by molar-refractivity contribution is -0.161. The van der Waals surface area contributed by atoms with E-state index in [0.29, 0.717) is 37.1 Å². The van der Waals surface area contributed by atoms with E-state index >= 15 is 0 Å². The first-order chi connectivity index (χ1) is 19.0. The second kappa shape index (κ2) is 12.1. The topological polar surface area (TPSA) is 132 Å². The average Bonchev–Trinajstić information content (AvgIpc) is 2.88. The lowest BCUT2D eigenvalue weighted by Gasteiger charge is -2.38. The Balaban J connectivity index is 1.47. The highest BCUT2D eigenvalue weighted by Gasteiger charge is 2.42. The number of carbonyl (C=O) groups excluding carboxylic acids is 1. The largest absolute Gasteiger partial charge is 0.512 e. The number of nitrogen functional groups attached to an aromatic ring is 1. The molecule has 4 N–H and O–H groups in total. The molecule has 1 aliphatic heterocycles. The van der Waals surface area contributed by atoms with Gasteiger partial charge in [-0.2, -0.15) is 8.42 Å². The second-order valence-corrected chi connectivity index (χ2v) is 12.0. The van der Waals surface area contributed by atoms with E-state index in [2.05, 4.69) is 9.71 Å². The first kappa shape index (κ1) is 29.1. The predicted molar refractivity (Wildman–Crippen MR) is 151 cm³/mol. The van der Waals surface area contributed by atoms with Gasteiger partial charge in [0.05, 0.1) is 17.5 Å². The van der Waals surface area contributed by atoms with Crippen molar-refractivity contribution in [1.82, 2.24) is 4.98 Å². The summed E-state index contributed by atoms with van der Waals surface area (Å²) in [5.74, 6) is -1.22. The van der Waals surface area contributed by atoms with Gasteiger partial charge in [0.15, 0.2) is 5.03 Å². The van der Waals surface area contributed by atoms with Crippen molar-refractivity contribution in [2.75, 3.05) is 10.5 Å². The van der Waals surface area contributed by atoms with E-state index in [0.717, 1.165) is 17.5 Å². The van der Waals surface area contributed by atoms with Gasteiger partial charge in [0.25, 0.3) is 10.0 Å². The standard InChI is InChI=1S/C30H34FN3O5S/c1-3-14-30(15-13-21-7-9-23(31)10-8-21)18-26(35)28(29(36)39-30)20(2)16-22-5-4-6-25(17-22)34-40(37,38)27-12-11-24(32)19-33-27/h4-12,17,19-20,34-35H,3,13-16,18,32H2,1-2H3/t20?,30-/m0/s1. The maximum absolute atomic E-state index is 13.3. The van der Waals surface area contributed by atoms with Gasteiger partial charge in [-0.15, -0.1) is 0 Å². The minimum atomic E-state index is -3.92. The van der Waals surface area contributed by atoms with Crippen LogP contribution in [-0.2, 0) is 32.4 Å². The number of hydrogen-bond donors (Lipinski definition) is 3. The van der Waals surface area contributed by atoms with E-state index in [1.165, 1.54) is 30.5 Å². The van der Waals surface area contributed by atoms with Gasteiger partial charge in [0.2, 0.25) is 0 Å². The molecule has 0 saturated carbocycles. The van der Waals surface area contributed by atoms with Crippen molar-refractivity contribution in [1.29, 1.82) is 0 Å². The van der Waals surface area contributed by atoms with Gasteiger partial charge >= 0.3 is 5.97 Å². The molecule has 40 heavy (non-hydrogen) atoms. The van der Waals surface area contributed by atoms with E-state index < -0.39 is 21.6 Å².